The van der Waals surface area contributed by atoms with E-state index in [1.54, 1.807) is 26.2 Å². The molecule has 6 heteroatoms. The molecule has 1 atom stereocenters. The van der Waals surface area contributed by atoms with E-state index >= 15 is 0 Å². The van der Waals surface area contributed by atoms with Gasteiger partial charge in [-0.05, 0) is 33.8 Å². The molecule has 0 saturated carbocycles. The van der Waals surface area contributed by atoms with Crippen LogP contribution in [0.15, 0.2) is 29.6 Å². The normalized spacial score (nSPS) is 12.9. The van der Waals surface area contributed by atoms with Crippen molar-refractivity contribution >= 4 is 39.2 Å². The van der Waals surface area contributed by atoms with Gasteiger partial charge in [0.2, 0.25) is 0 Å². The van der Waals surface area contributed by atoms with Crippen LogP contribution < -0.4 is 4.90 Å². The third kappa shape index (κ3) is 3.39. The van der Waals surface area contributed by atoms with Gasteiger partial charge < -0.3 is 9.84 Å². The van der Waals surface area contributed by atoms with Gasteiger partial charge in [0.15, 0.2) is 0 Å². The predicted molar refractivity (Wildman–Crippen MR) is 87.6 cm³/mol. The van der Waals surface area contributed by atoms with Crippen LogP contribution in [0.25, 0.3) is 10.1 Å². The standard InChI is InChI=1S/C16H19NO4S/c1-10(14(18)19)17(15(20)21-16(2,3)4)12-9-22-13-8-6-5-7-11(12)13/h5-10H,1-4H3,(H,18,19)/t10-/m0/s1. The predicted octanol–water partition coefficient (Wildman–Crippen LogP) is 4.12. The molecule has 5 nitrogen and oxygen atoms in total. The Morgan fingerprint density at radius 1 is 1.27 bits per heavy atom. The molecular formula is C16H19NO4S. The van der Waals surface area contributed by atoms with E-state index in [4.69, 9.17) is 4.74 Å². The average Bonchev–Trinajstić information content (AvgIpc) is 2.81. The number of fused-ring (bicyclic) bond motifs is 1. The lowest BCUT2D eigenvalue weighted by Gasteiger charge is -2.29. The van der Waals surface area contributed by atoms with Crippen molar-refractivity contribution in [1.82, 2.24) is 0 Å². The minimum absolute atomic E-state index is 0.560. The van der Waals surface area contributed by atoms with Gasteiger partial charge in [-0.2, -0.15) is 0 Å². The Morgan fingerprint density at radius 2 is 1.91 bits per heavy atom. The molecule has 1 heterocycles. The molecule has 1 aromatic heterocycles. The summed E-state index contributed by atoms with van der Waals surface area (Å²) in [7, 11) is 0. The lowest BCUT2D eigenvalue weighted by atomic mass is 10.2. The fourth-order valence-corrected chi connectivity index (χ4v) is 2.97. The molecule has 0 radical (unpaired) electrons. The third-order valence-electron chi connectivity index (χ3n) is 3.05. The van der Waals surface area contributed by atoms with E-state index < -0.39 is 23.7 Å². The summed E-state index contributed by atoms with van der Waals surface area (Å²) in [5.74, 6) is -1.08. The fraction of sp³-hybridized carbons (Fsp3) is 0.375. The fourth-order valence-electron chi connectivity index (χ4n) is 2.04. The van der Waals surface area contributed by atoms with Crippen molar-refractivity contribution in [3.8, 4) is 0 Å². The van der Waals surface area contributed by atoms with Crippen LogP contribution in [0.1, 0.15) is 27.7 Å². The van der Waals surface area contributed by atoms with Crippen molar-refractivity contribution in [2.75, 3.05) is 4.90 Å². The topological polar surface area (TPSA) is 66.8 Å². The first-order valence-corrected chi connectivity index (χ1v) is 7.80. The highest BCUT2D eigenvalue weighted by molar-refractivity contribution is 7.17. The monoisotopic (exact) mass is 321 g/mol. The maximum atomic E-state index is 12.5. The summed E-state index contributed by atoms with van der Waals surface area (Å²) in [4.78, 5) is 25.1. The number of rotatable bonds is 3. The molecule has 0 unspecified atom stereocenters. The summed E-state index contributed by atoms with van der Waals surface area (Å²) in [5, 5.41) is 11.9. The molecule has 0 aliphatic heterocycles. The number of anilines is 1. The van der Waals surface area contributed by atoms with Gasteiger partial charge in [0, 0.05) is 15.5 Å². The van der Waals surface area contributed by atoms with Gasteiger partial charge >= 0.3 is 12.1 Å². The molecule has 0 saturated heterocycles. The Kier molecular flexibility index (Phi) is 4.42. The van der Waals surface area contributed by atoms with Gasteiger partial charge in [0.25, 0.3) is 0 Å². The first-order valence-electron chi connectivity index (χ1n) is 6.92. The van der Waals surface area contributed by atoms with Crippen LogP contribution in [0.3, 0.4) is 0 Å². The van der Waals surface area contributed by atoms with Crippen LogP contribution in [-0.2, 0) is 9.53 Å². The van der Waals surface area contributed by atoms with Gasteiger partial charge in [0.05, 0.1) is 5.69 Å². The van der Waals surface area contributed by atoms with Crippen molar-refractivity contribution < 1.29 is 19.4 Å². The molecule has 2 aromatic rings. The third-order valence-corrected chi connectivity index (χ3v) is 4.01. The lowest BCUT2D eigenvalue weighted by Crippen LogP contribution is -2.45. The highest BCUT2D eigenvalue weighted by Crippen LogP contribution is 2.34. The van der Waals surface area contributed by atoms with Crippen LogP contribution in [0.4, 0.5) is 10.5 Å². The quantitative estimate of drug-likeness (QED) is 0.923. The van der Waals surface area contributed by atoms with Crippen LogP contribution in [0.5, 0.6) is 0 Å². The van der Waals surface area contributed by atoms with Crippen molar-refractivity contribution in [3.05, 3.63) is 29.6 Å². The molecule has 1 N–H and O–H groups in total. The number of carbonyl (C=O) groups excluding carboxylic acids is 1. The zero-order valence-corrected chi connectivity index (χ0v) is 13.8. The summed E-state index contributed by atoms with van der Waals surface area (Å²) in [6.45, 7) is 6.72. The zero-order chi connectivity index (χ0) is 16.5. The highest BCUT2D eigenvalue weighted by atomic mass is 32.1. The number of hydrogen-bond donors (Lipinski definition) is 1. The Morgan fingerprint density at radius 3 is 2.50 bits per heavy atom. The van der Waals surface area contributed by atoms with Gasteiger partial charge in [-0.15, -0.1) is 11.3 Å². The van der Waals surface area contributed by atoms with E-state index in [1.807, 2.05) is 24.3 Å². The number of carbonyl (C=O) groups is 2. The Labute approximate surface area is 133 Å². The van der Waals surface area contributed by atoms with Gasteiger partial charge in [0.1, 0.15) is 11.6 Å². The number of aliphatic carboxylic acids is 1. The van der Waals surface area contributed by atoms with Crippen LogP contribution in [0.2, 0.25) is 0 Å². The van der Waals surface area contributed by atoms with Crippen LogP contribution in [-0.4, -0.2) is 28.8 Å². The number of carboxylic acids is 1. The van der Waals surface area contributed by atoms with E-state index in [-0.39, 0.29) is 0 Å². The summed E-state index contributed by atoms with van der Waals surface area (Å²) in [6.07, 6.45) is -0.661. The smallest absolute Gasteiger partial charge is 0.415 e. The van der Waals surface area contributed by atoms with Crippen molar-refractivity contribution in [2.24, 2.45) is 0 Å². The minimum Gasteiger partial charge on any atom is -0.480 e. The molecule has 1 aromatic carbocycles. The summed E-state index contributed by atoms with van der Waals surface area (Å²) < 4.78 is 6.36. The van der Waals surface area contributed by atoms with Crippen molar-refractivity contribution in [3.63, 3.8) is 0 Å². The SMILES string of the molecule is C[C@@H](C(=O)O)N(C(=O)OC(C)(C)C)c1csc2ccccc12. The van der Waals surface area contributed by atoms with Gasteiger partial charge in [-0.25, -0.2) is 9.59 Å². The Balaban J connectivity index is 2.49. The average molecular weight is 321 g/mol. The largest absolute Gasteiger partial charge is 0.480 e. The molecule has 0 aliphatic rings. The zero-order valence-electron chi connectivity index (χ0n) is 13.0. The highest BCUT2D eigenvalue weighted by Gasteiger charge is 2.32. The molecule has 22 heavy (non-hydrogen) atoms. The molecule has 118 valence electrons. The molecule has 0 spiro atoms. The molecule has 0 aliphatic carbocycles. The molecule has 0 bridgehead atoms. The van der Waals surface area contributed by atoms with Gasteiger partial charge in [-0.3, -0.25) is 4.90 Å². The van der Waals surface area contributed by atoms with Gasteiger partial charge in [-0.1, -0.05) is 18.2 Å². The number of hydrogen-bond acceptors (Lipinski definition) is 4. The Hall–Kier alpha value is -2.08. The first kappa shape index (κ1) is 16.3. The second-order valence-electron chi connectivity index (χ2n) is 5.98. The number of benzene rings is 1. The van der Waals surface area contributed by atoms with Crippen molar-refractivity contribution in [2.45, 2.75) is 39.3 Å². The summed E-state index contributed by atoms with van der Waals surface area (Å²) in [6, 6.07) is 6.54. The van der Waals surface area contributed by atoms with E-state index in [9.17, 15) is 14.7 Å². The summed E-state index contributed by atoms with van der Waals surface area (Å²) in [5.41, 5.74) is -0.135. The molecular weight excluding hydrogens is 302 g/mol. The second-order valence-corrected chi connectivity index (χ2v) is 6.89. The maximum absolute atomic E-state index is 12.5. The maximum Gasteiger partial charge on any atom is 0.415 e. The Bertz CT molecular complexity index is 701. The van der Waals surface area contributed by atoms with Crippen molar-refractivity contribution in [1.29, 1.82) is 0 Å². The number of thiophene rings is 1. The molecule has 1 amide bonds. The van der Waals surface area contributed by atoms with E-state index in [0.717, 1.165) is 10.1 Å². The number of ether oxygens (including phenoxy) is 1. The lowest BCUT2D eigenvalue weighted by molar-refractivity contribution is -0.138. The molecule has 2 rings (SSSR count). The van der Waals surface area contributed by atoms with Crippen LogP contribution in [0, 0.1) is 0 Å². The minimum atomic E-state index is -1.08. The van der Waals surface area contributed by atoms with E-state index in [0.29, 0.717) is 5.69 Å². The number of amides is 1. The molecule has 0 fully saturated rings. The van der Waals surface area contributed by atoms with Crippen LogP contribution >= 0.6 is 11.3 Å². The first-order chi connectivity index (χ1) is 10.2. The summed E-state index contributed by atoms with van der Waals surface area (Å²) >= 11 is 1.46. The number of nitrogens with zero attached hydrogens (tertiary/aromatic N) is 1. The second kappa shape index (κ2) is 5.96. The van der Waals surface area contributed by atoms with E-state index in [2.05, 4.69) is 0 Å². The number of carboxylic acid groups (broad SMARTS) is 1. The van der Waals surface area contributed by atoms with E-state index in [1.165, 1.54) is 23.2 Å².